The molecule has 2 aromatic heterocycles. The molecule has 0 bridgehead atoms. The normalized spacial score (nSPS) is 23.0. The van der Waals surface area contributed by atoms with Crippen LogP contribution in [0.2, 0.25) is 0 Å². The van der Waals surface area contributed by atoms with Crippen LogP contribution in [0.15, 0.2) is 22.9 Å². The highest BCUT2D eigenvalue weighted by Gasteiger charge is 2.31. The number of hydrogen-bond acceptors (Lipinski definition) is 6. The minimum atomic E-state index is -0.702. The van der Waals surface area contributed by atoms with Gasteiger partial charge in [-0.1, -0.05) is 6.07 Å². The van der Waals surface area contributed by atoms with Gasteiger partial charge in [0.1, 0.15) is 10.6 Å². The average molecular weight is 296 g/mol. The Hall–Kier alpha value is -0.790. The molecule has 0 spiro atoms. The third kappa shape index (κ3) is 3.21. The van der Waals surface area contributed by atoms with Crippen molar-refractivity contribution in [3.05, 3.63) is 28.6 Å². The topological polar surface area (TPSA) is 54.4 Å². The van der Waals surface area contributed by atoms with E-state index in [2.05, 4.69) is 27.1 Å². The van der Waals surface area contributed by atoms with Gasteiger partial charge in [0.15, 0.2) is 0 Å². The van der Waals surface area contributed by atoms with Gasteiger partial charge in [-0.3, -0.25) is 0 Å². The summed E-state index contributed by atoms with van der Waals surface area (Å²) < 4.78 is 5.21. The van der Waals surface area contributed by atoms with Crippen molar-refractivity contribution < 1.29 is 9.84 Å². The summed E-state index contributed by atoms with van der Waals surface area (Å²) in [5.74, 6) is 0. The number of rotatable bonds is 5. The molecule has 4 nitrogen and oxygen atoms in total. The number of aromatic nitrogens is 1. The van der Waals surface area contributed by atoms with E-state index in [1.807, 2.05) is 6.07 Å². The van der Waals surface area contributed by atoms with Crippen molar-refractivity contribution >= 4 is 22.7 Å². The average Bonchev–Trinajstić information content (AvgIpc) is 3.08. The molecule has 1 aliphatic heterocycles. The second-order valence-electron chi connectivity index (χ2n) is 4.75. The highest BCUT2D eigenvalue weighted by Crippen LogP contribution is 2.27. The standard InChI is InChI=1S/C13H16N2O2S2/c16-13(3-4-17-9-13)8-14-6-10-7-19-12(15-10)11-2-1-5-18-11/h1-2,5,7,14,16H,3-4,6,8-9H2. The van der Waals surface area contributed by atoms with Crippen LogP contribution in [0.1, 0.15) is 12.1 Å². The molecule has 3 heterocycles. The van der Waals surface area contributed by atoms with Crippen molar-refractivity contribution in [3.8, 4) is 9.88 Å². The van der Waals surface area contributed by atoms with Gasteiger partial charge in [0.25, 0.3) is 0 Å². The summed E-state index contributed by atoms with van der Waals surface area (Å²) in [6.07, 6.45) is 0.706. The Balaban J connectivity index is 1.53. The number of nitrogens with zero attached hydrogens (tertiary/aromatic N) is 1. The molecular formula is C13H16N2O2S2. The minimum Gasteiger partial charge on any atom is -0.386 e. The molecule has 1 atom stereocenters. The van der Waals surface area contributed by atoms with Crippen LogP contribution in [0.4, 0.5) is 0 Å². The largest absolute Gasteiger partial charge is 0.386 e. The predicted molar refractivity (Wildman–Crippen MR) is 77.5 cm³/mol. The number of hydrogen-bond donors (Lipinski definition) is 2. The first-order chi connectivity index (χ1) is 9.25. The van der Waals surface area contributed by atoms with Crippen LogP contribution >= 0.6 is 22.7 Å². The lowest BCUT2D eigenvalue weighted by Gasteiger charge is -2.20. The van der Waals surface area contributed by atoms with Crippen LogP contribution in [-0.2, 0) is 11.3 Å². The Morgan fingerprint density at radius 1 is 1.47 bits per heavy atom. The number of thiazole rings is 1. The molecule has 1 aliphatic rings. The zero-order valence-corrected chi connectivity index (χ0v) is 12.1. The molecule has 1 fully saturated rings. The number of nitrogens with one attached hydrogen (secondary N) is 1. The summed E-state index contributed by atoms with van der Waals surface area (Å²) in [5.41, 5.74) is 0.322. The van der Waals surface area contributed by atoms with Crippen LogP contribution in [0.3, 0.4) is 0 Å². The van der Waals surface area contributed by atoms with Crippen LogP contribution in [-0.4, -0.2) is 35.5 Å². The first kappa shape index (κ1) is 13.2. The van der Waals surface area contributed by atoms with E-state index in [1.54, 1.807) is 22.7 Å². The summed E-state index contributed by atoms with van der Waals surface area (Å²) in [5, 5.41) is 18.6. The molecule has 0 radical (unpaired) electrons. The van der Waals surface area contributed by atoms with Crippen molar-refractivity contribution in [1.82, 2.24) is 10.3 Å². The fourth-order valence-electron chi connectivity index (χ4n) is 2.06. The van der Waals surface area contributed by atoms with Gasteiger partial charge in [-0.2, -0.15) is 0 Å². The van der Waals surface area contributed by atoms with Gasteiger partial charge in [-0.25, -0.2) is 4.98 Å². The third-order valence-corrected chi connectivity index (χ3v) is 5.06. The van der Waals surface area contributed by atoms with E-state index in [0.29, 0.717) is 32.7 Å². The highest BCUT2D eigenvalue weighted by atomic mass is 32.1. The van der Waals surface area contributed by atoms with Crippen molar-refractivity contribution in [2.45, 2.75) is 18.6 Å². The van der Waals surface area contributed by atoms with Crippen molar-refractivity contribution in [1.29, 1.82) is 0 Å². The van der Waals surface area contributed by atoms with Gasteiger partial charge in [-0.05, 0) is 11.4 Å². The summed E-state index contributed by atoms with van der Waals surface area (Å²) in [4.78, 5) is 5.80. The molecule has 6 heteroatoms. The first-order valence-corrected chi connectivity index (χ1v) is 8.00. The molecule has 0 aliphatic carbocycles. The Labute approximate surface area is 120 Å². The SMILES string of the molecule is OC1(CNCc2csc(-c3cccs3)n2)CCOC1. The van der Waals surface area contributed by atoms with Crippen LogP contribution in [0.25, 0.3) is 9.88 Å². The second kappa shape index (κ2) is 5.68. The monoisotopic (exact) mass is 296 g/mol. The second-order valence-corrected chi connectivity index (χ2v) is 6.56. The quantitative estimate of drug-likeness (QED) is 0.887. The molecule has 19 heavy (non-hydrogen) atoms. The molecule has 3 rings (SSSR count). The van der Waals surface area contributed by atoms with Crippen molar-refractivity contribution in [2.75, 3.05) is 19.8 Å². The maximum Gasteiger partial charge on any atom is 0.133 e. The Morgan fingerprint density at radius 2 is 2.42 bits per heavy atom. The van der Waals surface area contributed by atoms with E-state index in [0.717, 1.165) is 10.7 Å². The van der Waals surface area contributed by atoms with E-state index < -0.39 is 5.60 Å². The van der Waals surface area contributed by atoms with Crippen molar-refractivity contribution in [2.24, 2.45) is 0 Å². The van der Waals surface area contributed by atoms with Crippen LogP contribution in [0.5, 0.6) is 0 Å². The molecule has 102 valence electrons. The van der Waals surface area contributed by atoms with Gasteiger partial charge < -0.3 is 15.2 Å². The lowest BCUT2D eigenvalue weighted by Crippen LogP contribution is -2.40. The van der Waals surface area contributed by atoms with Crippen LogP contribution in [0, 0.1) is 0 Å². The molecule has 0 amide bonds. The molecule has 0 aromatic carbocycles. The Kier molecular flexibility index (Phi) is 3.95. The smallest absolute Gasteiger partial charge is 0.133 e. The Bertz CT molecular complexity index is 518. The fourth-order valence-corrected chi connectivity index (χ4v) is 3.69. The van der Waals surface area contributed by atoms with E-state index in [4.69, 9.17) is 4.74 Å². The number of ether oxygens (including phenoxy) is 1. The molecular weight excluding hydrogens is 280 g/mol. The van der Waals surface area contributed by atoms with Gasteiger partial charge in [-0.15, -0.1) is 22.7 Å². The lowest BCUT2D eigenvalue weighted by molar-refractivity contribution is 0.0268. The first-order valence-electron chi connectivity index (χ1n) is 6.24. The van der Waals surface area contributed by atoms with Gasteiger partial charge in [0, 0.05) is 31.5 Å². The zero-order valence-electron chi connectivity index (χ0n) is 10.5. The maximum atomic E-state index is 10.1. The summed E-state index contributed by atoms with van der Waals surface area (Å²) in [6.45, 7) is 2.32. The Morgan fingerprint density at radius 3 is 3.16 bits per heavy atom. The third-order valence-electron chi connectivity index (χ3n) is 3.13. The summed E-state index contributed by atoms with van der Waals surface area (Å²) in [7, 11) is 0. The van der Waals surface area contributed by atoms with Gasteiger partial charge in [0.05, 0.1) is 17.2 Å². The minimum absolute atomic E-state index is 0.428. The fraction of sp³-hybridized carbons (Fsp3) is 0.462. The van der Waals surface area contributed by atoms with E-state index >= 15 is 0 Å². The van der Waals surface area contributed by atoms with Crippen molar-refractivity contribution in [3.63, 3.8) is 0 Å². The predicted octanol–water partition coefficient (Wildman–Crippen LogP) is 2.11. The number of aliphatic hydroxyl groups is 1. The highest BCUT2D eigenvalue weighted by molar-refractivity contribution is 7.20. The summed E-state index contributed by atoms with van der Waals surface area (Å²) >= 11 is 3.37. The molecule has 2 N–H and O–H groups in total. The van der Waals surface area contributed by atoms with E-state index in [-0.39, 0.29) is 0 Å². The number of thiophene rings is 1. The van der Waals surface area contributed by atoms with Crippen LogP contribution < -0.4 is 5.32 Å². The summed E-state index contributed by atoms with van der Waals surface area (Å²) in [6, 6.07) is 4.12. The lowest BCUT2D eigenvalue weighted by atomic mass is 10.0. The van der Waals surface area contributed by atoms with E-state index in [9.17, 15) is 5.11 Å². The zero-order chi connectivity index (χ0) is 13.1. The molecule has 1 saturated heterocycles. The van der Waals surface area contributed by atoms with E-state index in [1.165, 1.54) is 4.88 Å². The molecule has 2 aromatic rings. The van der Waals surface area contributed by atoms with Gasteiger partial charge in [0.2, 0.25) is 0 Å². The molecule has 1 unspecified atom stereocenters. The maximum absolute atomic E-state index is 10.1. The van der Waals surface area contributed by atoms with Gasteiger partial charge >= 0.3 is 0 Å². The molecule has 0 saturated carbocycles.